The van der Waals surface area contributed by atoms with Crippen LogP contribution in [-0.4, -0.2) is 23.3 Å². The maximum absolute atomic E-state index is 5.91. The van der Waals surface area contributed by atoms with E-state index < -0.39 is 0 Å². The lowest BCUT2D eigenvalue weighted by atomic mass is 9.71. The van der Waals surface area contributed by atoms with E-state index in [2.05, 4.69) is 38.1 Å². The van der Waals surface area contributed by atoms with Gasteiger partial charge in [0.15, 0.2) is 0 Å². The van der Waals surface area contributed by atoms with Gasteiger partial charge in [0, 0.05) is 17.5 Å². The maximum Gasteiger partial charge on any atom is 0.0964 e. The van der Waals surface area contributed by atoms with Crippen molar-refractivity contribution in [3.8, 4) is 0 Å². The number of pyridine rings is 1. The molecule has 2 rings (SSSR count). The summed E-state index contributed by atoms with van der Waals surface area (Å²) in [5.74, 6) is 0.789. The van der Waals surface area contributed by atoms with Crippen molar-refractivity contribution in [2.24, 2.45) is 11.3 Å². The summed E-state index contributed by atoms with van der Waals surface area (Å²) >= 11 is 7.80. The van der Waals surface area contributed by atoms with E-state index in [1.165, 1.54) is 19.3 Å². The summed E-state index contributed by atoms with van der Waals surface area (Å²) in [5.41, 5.74) is 0.394. The van der Waals surface area contributed by atoms with Gasteiger partial charge in [-0.3, -0.25) is 0 Å². The Kier molecular flexibility index (Phi) is 5.38. The minimum absolute atomic E-state index is 0.394. The minimum atomic E-state index is 0.394. The third-order valence-corrected chi connectivity index (χ3v) is 5.89. The molecule has 1 heterocycles. The van der Waals surface area contributed by atoms with Gasteiger partial charge in [0.05, 0.1) is 10.0 Å². The second-order valence-electron chi connectivity index (χ2n) is 6.74. The van der Waals surface area contributed by atoms with Crippen LogP contribution in [0, 0.1) is 11.3 Å². The first kappa shape index (κ1) is 16.1. The van der Waals surface area contributed by atoms with Crippen molar-refractivity contribution in [3.63, 3.8) is 0 Å². The number of aromatic nitrogens is 1. The topological polar surface area (TPSA) is 24.9 Å². The SMILES string of the molecule is CNC1CCC(C(C)(C)C)CC1Sc1ccc(Cl)cn1. The lowest BCUT2D eigenvalue weighted by molar-refractivity contribution is 0.167. The van der Waals surface area contributed by atoms with Crippen LogP contribution in [0.15, 0.2) is 23.4 Å². The Balaban J connectivity index is 2.07. The molecule has 0 aromatic carbocycles. The number of hydrogen-bond donors (Lipinski definition) is 1. The van der Waals surface area contributed by atoms with Gasteiger partial charge in [0.1, 0.15) is 0 Å². The van der Waals surface area contributed by atoms with Crippen molar-refractivity contribution in [1.29, 1.82) is 0 Å². The minimum Gasteiger partial charge on any atom is -0.316 e. The summed E-state index contributed by atoms with van der Waals surface area (Å²) in [6.45, 7) is 7.08. The van der Waals surface area contributed by atoms with Gasteiger partial charge in [-0.15, -0.1) is 11.8 Å². The molecule has 112 valence electrons. The van der Waals surface area contributed by atoms with E-state index in [9.17, 15) is 0 Å². The summed E-state index contributed by atoms with van der Waals surface area (Å²) in [6.07, 6.45) is 5.57. The Morgan fingerprint density at radius 1 is 1.30 bits per heavy atom. The van der Waals surface area contributed by atoms with E-state index in [1.54, 1.807) is 6.20 Å². The Bertz CT molecular complexity index is 427. The molecule has 0 amide bonds. The molecule has 1 aliphatic carbocycles. The number of thioether (sulfide) groups is 1. The highest BCUT2D eigenvalue weighted by Crippen LogP contribution is 2.43. The zero-order valence-electron chi connectivity index (χ0n) is 12.8. The third kappa shape index (κ3) is 4.12. The smallest absolute Gasteiger partial charge is 0.0964 e. The molecule has 1 aromatic heterocycles. The van der Waals surface area contributed by atoms with Gasteiger partial charge >= 0.3 is 0 Å². The molecule has 4 heteroatoms. The highest BCUT2D eigenvalue weighted by Gasteiger charge is 2.35. The van der Waals surface area contributed by atoms with E-state index in [-0.39, 0.29) is 0 Å². The van der Waals surface area contributed by atoms with Crippen LogP contribution in [-0.2, 0) is 0 Å². The lowest BCUT2D eigenvalue weighted by Gasteiger charge is -2.41. The lowest BCUT2D eigenvalue weighted by Crippen LogP contribution is -2.43. The average molecular weight is 313 g/mol. The van der Waals surface area contributed by atoms with E-state index in [4.69, 9.17) is 11.6 Å². The maximum atomic E-state index is 5.91. The standard InChI is InChI=1S/C16H25ClN2S/c1-16(2,3)11-5-7-13(18-4)14(9-11)20-15-8-6-12(17)10-19-15/h6,8,10-11,13-14,18H,5,7,9H2,1-4H3. The predicted octanol–water partition coefficient (Wildman–Crippen LogP) is 4.63. The molecule has 1 saturated carbocycles. The Morgan fingerprint density at radius 2 is 2.05 bits per heavy atom. The number of hydrogen-bond acceptors (Lipinski definition) is 3. The molecule has 1 N–H and O–H groups in total. The molecule has 3 unspecified atom stereocenters. The largest absolute Gasteiger partial charge is 0.316 e. The summed E-state index contributed by atoms with van der Waals surface area (Å²) in [5, 5.41) is 5.85. The molecule has 3 atom stereocenters. The van der Waals surface area contributed by atoms with Crippen LogP contribution in [0.3, 0.4) is 0 Å². The van der Waals surface area contributed by atoms with Crippen LogP contribution in [0.4, 0.5) is 0 Å². The van der Waals surface area contributed by atoms with Crippen LogP contribution in [0.5, 0.6) is 0 Å². The number of halogens is 1. The molecule has 1 aliphatic rings. The van der Waals surface area contributed by atoms with Crippen molar-refractivity contribution in [3.05, 3.63) is 23.4 Å². The molecule has 0 aliphatic heterocycles. The predicted molar refractivity (Wildman–Crippen MR) is 88.5 cm³/mol. The molecular formula is C16H25ClN2S. The normalized spacial score (nSPS) is 27.6. The average Bonchev–Trinajstić information content (AvgIpc) is 2.40. The molecule has 1 aromatic rings. The van der Waals surface area contributed by atoms with Crippen molar-refractivity contribution >= 4 is 23.4 Å². The number of nitrogens with zero attached hydrogens (tertiary/aromatic N) is 1. The van der Waals surface area contributed by atoms with Gasteiger partial charge in [-0.2, -0.15) is 0 Å². The fraction of sp³-hybridized carbons (Fsp3) is 0.688. The molecular weight excluding hydrogens is 288 g/mol. The summed E-state index contributed by atoms with van der Waals surface area (Å²) in [7, 11) is 2.07. The molecule has 0 bridgehead atoms. The zero-order valence-corrected chi connectivity index (χ0v) is 14.4. The van der Waals surface area contributed by atoms with E-state index in [1.807, 2.05) is 23.9 Å². The second-order valence-corrected chi connectivity index (χ2v) is 8.44. The molecule has 0 saturated heterocycles. The van der Waals surface area contributed by atoms with Gasteiger partial charge in [-0.1, -0.05) is 32.4 Å². The Labute approximate surface area is 132 Å². The summed E-state index contributed by atoms with van der Waals surface area (Å²) < 4.78 is 0. The first-order valence-electron chi connectivity index (χ1n) is 7.35. The van der Waals surface area contributed by atoms with Crippen LogP contribution in [0.1, 0.15) is 40.0 Å². The Morgan fingerprint density at radius 3 is 2.60 bits per heavy atom. The molecule has 0 radical (unpaired) electrons. The fourth-order valence-electron chi connectivity index (χ4n) is 2.96. The first-order chi connectivity index (χ1) is 9.40. The quantitative estimate of drug-likeness (QED) is 0.881. The summed E-state index contributed by atoms with van der Waals surface area (Å²) in [4.78, 5) is 4.43. The van der Waals surface area contributed by atoms with Gasteiger partial charge in [-0.05, 0) is 49.8 Å². The fourth-order valence-corrected chi connectivity index (χ4v) is 4.41. The molecule has 20 heavy (non-hydrogen) atoms. The zero-order chi connectivity index (χ0) is 14.8. The molecule has 2 nitrogen and oxygen atoms in total. The van der Waals surface area contributed by atoms with Gasteiger partial charge in [-0.25, -0.2) is 4.98 Å². The number of rotatable bonds is 3. The van der Waals surface area contributed by atoms with E-state index in [0.29, 0.717) is 21.7 Å². The molecule has 1 fully saturated rings. The second kappa shape index (κ2) is 6.67. The third-order valence-electron chi connectivity index (χ3n) is 4.36. The highest BCUT2D eigenvalue weighted by atomic mass is 35.5. The van der Waals surface area contributed by atoms with Gasteiger partial charge < -0.3 is 5.32 Å². The molecule has 0 spiro atoms. The van der Waals surface area contributed by atoms with Crippen molar-refractivity contribution in [2.75, 3.05) is 7.05 Å². The summed E-state index contributed by atoms with van der Waals surface area (Å²) in [6, 6.07) is 4.53. The van der Waals surface area contributed by atoms with Crippen LogP contribution in [0.2, 0.25) is 5.02 Å². The van der Waals surface area contributed by atoms with Crippen molar-refractivity contribution in [2.45, 2.75) is 56.4 Å². The van der Waals surface area contributed by atoms with Crippen molar-refractivity contribution in [1.82, 2.24) is 10.3 Å². The monoisotopic (exact) mass is 312 g/mol. The van der Waals surface area contributed by atoms with Crippen LogP contribution < -0.4 is 5.32 Å². The van der Waals surface area contributed by atoms with Crippen LogP contribution in [0.25, 0.3) is 0 Å². The van der Waals surface area contributed by atoms with Crippen molar-refractivity contribution < 1.29 is 0 Å². The Hall–Kier alpha value is -0.250. The van der Waals surface area contributed by atoms with E-state index in [0.717, 1.165) is 10.9 Å². The van der Waals surface area contributed by atoms with Gasteiger partial charge in [0.25, 0.3) is 0 Å². The van der Waals surface area contributed by atoms with Crippen LogP contribution >= 0.6 is 23.4 Å². The first-order valence-corrected chi connectivity index (χ1v) is 8.61. The van der Waals surface area contributed by atoms with E-state index >= 15 is 0 Å². The highest BCUT2D eigenvalue weighted by molar-refractivity contribution is 7.99. The van der Waals surface area contributed by atoms with Gasteiger partial charge in [0.2, 0.25) is 0 Å². The number of nitrogens with one attached hydrogen (secondary N) is 1.